The Morgan fingerprint density at radius 2 is 2.20 bits per heavy atom. The number of nitrogens with zero attached hydrogens (tertiary/aromatic N) is 3. The van der Waals surface area contributed by atoms with Gasteiger partial charge < -0.3 is 9.30 Å². The van der Waals surface area contributed by atoms with Gasteiger partial charge in [0.1, 0.15) is 6.04 Å². The van der Waals surface area contributed by atoms with Crippen LogP contribution in [0.3, 0.4) is 0 Å². The number of methoxy groups -OCH3 is 1. The molecule has 1 aromatic rings. The Morgan fingerprint density at radius 1 is 1.45 bits per heavy atom. The van der Waals surface area contributed by atoms with E-state index in [1.54, 1.807) is 0 Å². The zero-order chi connectivity index (χ0) is 14.4. The first-order valence-corrected chi connectivity index (χ1v) is 7.48. The lowest BCUT2D eigenvalue weighted by atomic mass is 9.91. The van der Waals surface area contributed by atoms with Crippen LogP contribution in [0.4, 0.5) is 0 Å². The van der Waals surface area contributed by atoms with E-state index < -0.39 is 0 Å². The molecule has 1 saturated heterocycles. The fourth-order valence-corrected chi connectivity index (χ4v) is 2.93. The number of rotatable bonds is 6. The highest BCUT2D eigenvalue weighted by atomic mass is 16.5. The number of esters is 1. The van der Waals surface area contributed by atoms with Crippen molar-refractivity contribution in [1.82, 2.24) is 14.5 Å². The summed E-state index contributed by atoms with van der Waals surface area (Å²) in [6, 6.07) is -0.105. The molecule has 1 fully saturated rings. The third-order valence-electron chi connectivity index (χ3n) is 4.33. The molecule has 0 spiro atoms. The van der Waals surface area contributed by atoms with Crippen LogP contribution in [-0.4, -0.2) is 46.7 Å². The van der Waals surface area contributed by atoms with Gasteiger partial charge in [0.25, 0.3) is 0 Å². The Bertz CT molecular complexity index is 397. The van der Waals surface area contributed by atoms with Gasteiger partial charge in [-0.2, -0.15) is 0 Å². The summed E-state index contributed by atoms with van der Waals surface area (Å²) >= 11 is 0. The first-order chi connectivity index (χ1) is 9.70. The molecule has 0 N–H and O–H groups in total. The largest absolute Gasteiger partial charge is 0.468 e. The highest BCUT2D eigenvalue weighted by Crippen LogP contribution is 2.23. The molecule has 2 heterocycles. The number of hydrogen-bond donors (Lipinski definition) is 0. The minimum Gasteiger partial charge on any atom is -0.468 e. The molecule has 5 heteroatoms. The van der Waals surface area contributed by atoms with E-state index in [0.717, 1.165) is 25.6 Å². The van der Waals surface area contributed by atoms with Gasteiger partial charge in [-0.1, -0.05) is 0 Å². The van der Waals surface area contributed by atoms with Crippen molar-refractivity contribution in [3.8, 4) is 0 Å². The molecule has 1 aliphatic rings. The lowest BCUT2D eigenvalue weighted by molar-refractivity contribution is -0.146. The number of aromatic nitrogens is 2. The van der Waals surface area contributed by atoms with Crippen molar-refractivity contribution in [1.29, 1.82) is 0 Å². The van der Waals surface area contributed by atoms with Crippen molar-refractivity contribution in [3.05, 3.63) is 18.7 Å². The summed E-state index contributed by atoms with van der Waals surface area (Å²) in [6.07, 6.45) is 10.6. The first kappa shape index (κ1) is 15.0. The summed E-state index contributed by atoms with van der Waals surface area (Å²) in [5, 5.41) is 0. The molecule has 0 aromatic carbocycles. The minimum atomic E-state index is -0.122. The van der Waals surface area contributed by atoms with Gasteiger partial charge in [-0.3, -0.25) is 9.69 Å². The molecule has 0 saturated carbocycles. The average molecular weight is 279 g/mol. The second kappa shape index (κ2) is 7.43. The molecule has 1 aliphatic heterocycles. The monoisotopic (exact) mass is 279 g/mol. The van der Waals surface area contributed by atoms with Crippen LogP contribution >= 0.6 is 0 Å². The maximum absolute atomic E-state index is 11.5. The van der Waals surface area contributed by atoms with Crippen molar-refractivity contribution in [2.45, 2.75) is 45.2 Å². The van der Waals surface area contributed by atoms with Crippen LogP contribution in [0.2, 0.25) is 0 Å². The zero-order valence-corrected chi connectivity index (χ0v) is 12.5. The van der Waals surface area contributed by atoms with E-state index in [9.17, 15) is 4.79 Å². The lowest BCUT2D eigenvalue weighted by Gasteiger charge is -2.34. The Labute approximate surface area is 120 Å². The van der Waals surface area contributed by atoms with E-state index in [2.05, 4.69) is 14.5 Å². The Balaban J connectivity index is 1.65. The Morgan fingerprint density at radius 3 is 2.80 bits per heavy atom. The van der Waals surface area contributed by atoms with Crippen LogP contribution in [0, 0.1) is 5.92 Å². The van der Waals surface area contributed by atoms with Crippen molar-refractivity contribution in [3.63, 3.8) is 0 Å². The normalized spacial score (nSPS) is 18.9. The topological polar surface area (TPSA) is 47.4 Å². The van der Waals surface area contributed by atoms with Gasteiger partial charge in [0, 0.05) is 18.9 Å². The summed E-state index contributed by atoms with van der Waals surface area (Å²) in [6.45, 7) is 5.00. The van der Waals surface area contributed by atoms with Gasteiger partial charge in [-0.05, 0) is 51.6 Å². The SMILES string of the molecule is COC(=O)[C@@H](C)N1CCC(CCCn2ccnc2)CC1. The highest BCUT2D eigenvalue weighted by Gasteiger charge is 2.26. The van der Waals surface area contributed by atoms with Crippen LogP contribution in [0.25, 0.3) is 0 Å². The number of carbonyl (C=O) groups excluding carboxylic acids is 1. The molecular weight excluding hydrogens is 254 g/mol. The quantitative estimate of drug-likeness (QED) is 0.747. The fourth-order valence-electron chi connectivity index (χ4n) is 2.93. The van der Waals surface area contributed by atoms with Crippen LogP contribution < -0.4 is 0 Å². The number of imidazole rings is 1. The molecule has 20 heavy (non-hydrogen) atoms. The molecule has 1 atom stereocenters. The van der Waals surface area contributed by atoms with Crippen molar-refractivity contribution >= 4 is 5.97 Å². The van der Waals surface area contributed by atoms with Crippen molar-refractivity contribution in [2.75, 3.05) is 20.2 Å². The van der Waals surface area contributed by atoms with E-state index >= 15 is 0 Å². The zero-order valence-electron chi connectivity index (χ0n) is 12.5. The number of hydrogen-bond acceptors (Lipinski definition) is 4. The molecule has 0 amide bonds. The number of aryl methyl sites for hydroxylation is 1. The molecule has 0 radical (unpaired) electrons. The molecule has 1 aromatic heterocycles. The fraction of sp³-hybridized carbons (Fsp3) is 0.733. The summed E-state index contributed by atoms with van der Waals surface area (Å²) in [4.78, 5) is 17.8. The summed E-state index contributed by atoms with van der Waals surface area (Å²) in [7, 11) is 1.46. The second-order valence-electron chi connectivity index (χ2n) is 5.62. The summed E-state index contributed by atoms with van der Waals surface area (Å²) < 4.78 is 6.94. The number of likely N-dealkylation sites (tertiary alicyclic amines) is 1. The standard InChI is InChI=1S/C15H25N3O2/c1-13(15(19)20-2)18-9-5-14(6-10-18)4-3-8-17-11-7-16-12-17/h7,11-14H,3-6,8-10H2,1-2H3/t13-/m1/s1. The number of ether oxygens (including phenoxy) is 1. The van der Waals surface area contributed by atoms with Gasteiger partial charge in [-0.15, -0.1) is 0 Å². The smallest absolute Gasteiger partial charge is 0.322 e. The maximum Gasteiger partial charge on any atom is 0.322 e. The van der Waals surface area contributed by atoms with Crippen LogP contribution in [-0.2, 0) is 16.1 Å². The first-order valence-electron chi connectivity index (χ1n) is 7.48. The second-order valence-corrected chi connectivity index (χ2v) is 5.62. The predicted molar refractivity (Wildman–Crippen MR) is 77.2 cm³/mol. The molecule has 5 nitrogen and oxygen atoms in total. The molecule has 0 unspecified atom stereocenters. The van der Waals surface area contributed by atoms with Crippen LogP contribution in [0.5, 0.6) is 0 Å². The molecule has 0 bridgehead atoms. The van der Waals surface area contributed by atoms with E-state index in [1.165, 1.54) is 32.8 Å². The van der Waals surface area contributed by atoms with E-state index in [4.69, 9.17) is 4.74 Å². The van der Waals surface area contributed by atoms with Gasteiger partial charge in [0.2, 0.25) is 0 Å². The minimum absolute atomic E-state index is 0.105. The summed E-state index contributed by atoms with van der Waals surface area (Å²) in [5.41, 5.74) is 0. The average Bonchev–Trinajstić information content (AvgIpc) is 2.99. The lowest BCUT2D eigenvalue weighted by Crippen LogP contribution is -2.44. The van der Waals surface area contributed by atoms with Crippen LogP contribution in [0.1, 0.15) is 32.6 Å². The van der Waals surface area contributed by atoms with Gasteiger partial charge >= 0.3 is 5.97 Å². The van der Waals surface area contributed by atoms with Gasteiger partial charge in [0.05, 0.1) is 13.4 Å². The third-order valence-corrected chi connectivity index (χ3v) is 4.33. The maximum atomic E-state index is 11.5. The Kier molecular flexibility index (Phi) is 5.59. The Hall–Kier alpha value is -1.36. The van der Waals surface area contributed by atoms with E-state index in [-0.39, 0.29) is 12.0 Å². The predicted octanol–water partition coefficient (Wildman–Crippen LogP) is 1.94. The molecular formula is C15H25N3O2. The van der Waals surface area contributed by atoms with Crippen molar-refractivity contribution in [2.24, 2.45) is 5.92 Å². The number of carbonyl (C=O) groups is 1. The molecule has 2 rings (SSSR count). The third kappa shape index (κ3) is 4.07. The van der Waals surface area contributed by atoms with Gasteiger partial charge in [-0.25, -0.2) is 4.98 Å². The van der Waals surface area contributed by atoms with Crippen LogP contribution in [0.15, 0.2) is 18.7 Å². The van der Waals surface area contributed by atoms with Crippen molar-refractivity contribution < 1.29 is 9.53 Å². The number of piperidine rings is 1. The van der Waals surface area contributed by atoms with E-state index in [1.807, 2.05) is 25.6 Å². The van der Waals surface area contributed by atoms with E-state index in [0.29, 0.717) is 0 Å². The highest BCUT2D eigenvalue weighted by molar-refractivity contribution is 5.75. The molecule has 0 aliphatic carbocycles. The summed E-state index contributed by atoms with van der Waals surface area (Å²) in [5.74, 6) is 0.670. The molecule has 112 valence electrons. The van der Waals surface area contributed by atoms with Gasteiger partial charge in [0.15, 0.2) is 0 Å².